The van der Waals surface area contributed by atoms with Crippen molar-refractivity contribution in [3.63, 3.8) is 0 Å². The Kier molecular flexibility index (Phi) is 4.94. The molecule has 26 heavy (non-hydrogen) atoms. The van der Waals surface area contributed by atoms with Gasteiger partial charge < -0.3 is 20.4 Å². The van der Waals surface area contributed by atoms with Gasteiger partial charge in [0.15, 0.2) is 5.69 Å². The van der Waals surface area contributed by atoms with Crippen LogP contribution in [0.3, 0.4) is 0 Å². The molecule has 0 saturated heterocycles. The average Bonchev–Trinajstić information content (AvgIpc) is 3.28. The summed E-state index contributed by atoms with van der Waals surface area (Å²) in [7, 11) is 1.25. The van der Waals surface area contributed by atoms with Gasteiger partial charge in [-0.25, -0.2) is 4.79 Å². The molecule has 1 aliphatic carbocycles. The maximum absolute atomic E-state index is 12.3. The molecular weight excluding hydrogens is 332 g/mol. The smallest absolute Gasteiger partial charge is 0.357 e. The van der Waals surface area contributed by atoms with E-state index in [1.165, 1.54) is 17.9 Å². The zero-order chi connectivity index (χ0) is 18.7. The summed E-state index contributed by atoms with van der Waals surface area (Å²) in [4.78, 5) is 24.3. The molecule has 1 aromatic carbocycles. The number of nitriles is 1. The number of esters is 1. The molecule has 0 radical (unpaired) electrons. The fourth-order valence-electron chi connectivity index (χ4n) is 3.23. The quantitative estimate of drug-likeness (QED) is 0.821. The van der Waals surface area contributed by atoms with Crippen LogP contribution in [0.1, 0.15) is 52.1 Å². The van der Waals surface area contributed by atoms with Crippen LogP contribution >= 0.6 is 0 Å². The van der Waals surface area contributed by atoms with Gasteiger partial charge in [-0.3, -0.25) is 4.79 Å². The van der Waals surface area contributed by atoms with Gasteiger partial charge in [0.1, 0.15) is 6.07 Å². The van der Waals surface area contributed by atoms with Gasteiger partial charge in [-0.1, -0.05) is 12.8 Å². The summed E-state index contributed by atoms with van der Waals surface area (Å²) >= 11 is 0. The van der Waals surface area contributed by atoms with Gasteiger partial charge in [0.2, 0.25) is 0 Å². The van der Waals surface area contributed by atoms with Crippen LogP contribution in [-0.4, -0.2) is 29.6 Å². The van der Waals surface area contributed by atoms with Gasteiger partial charge in [-0.05, 0) is 37.1 Å². The molecule has 1 amide bonds. The molecule has 0 aliphatic heterocycles. The third-order valence-electron chi connectivity index (χ3n) is 4.64. The van der Waals surface area contributed by atoms with Crippen molar-refractivity contribution in [2.75, 3.05) is 12.8 Å². The van der Waals surface area contributed by atoms with Crippen LogP contribution in [0.5, 0.6) is 0 Å². The fraction of sp³-hybridized carbons (Fsp3) is 0.316. The average molecular weight is 352 g/mol. The summed E-state index contributed by atoms with van der Waals surface area (Å²) < 4.78 is 6.26. The number of nitrogens with one attached hydrogen (secondary N) is 1. The van der Waals surface area contributed by atoms with Crippen LogP contribution in [0, 0.1) is 11.3 Å². The Morgan fingerprint density at radius 3 is 2.50 bits per heavy atom. The fourth-order valence-corrected chi connectivity index (χ4v) is 3.23. The van der Waals surface area contributed by atoms with Gasteiger partial charge in [0.05, 0.1) is 18.4 Å². The molecule has 1 aromatic heterocycles. The minimum Gasteiger partial charge on any atom is -0.464 e. The number of methoxy groups -OCH3 is 1. The highest BCUT2D eigenvalue weighted by Gasteiger charge is 2.22. The first-order valence-electron chi connectivity index (χ1n) is 8.45. The third-order valence-corrected chi connectivity index (χ3v) is 4.64. The van der Waals surface area contributed by atoms with E-state index in [0.717, 1.165) is 25.7 Å². The van der Waals surface area contributed by atoms with Crippen LogP contribution in [0.15, 0.2) is 30.5 Å². The molecule has 0 spiro atoms. The molecule has 0 atom stereocenters. The minimum absolute atomic E-state index is 0.0717. The highest BCUT2D eigenvalue weighted by atomic mass is 16.5. The van der Waals surface area contributed by atoms with Crippen molar-refractivity contribution in [3.8, 4) is 11.8 Å². The van der Waals surface area contributed by atoms with Crippen molar-refractivity contribution in [1.29, 1.82) is 5.26 Å². The predicted octanol–water partition coefficient (Wildman–Crippen LogP) is 2.39. The Bertz CT molecular complexity index is 871. The van der Waals surface area contributed by atoms with E-state index in [9.17, 15) is 9.59 Å². The number of benzene rings is 1. The van der Waals surface area contributed by atoms with E-state index in [1.807, 2.05) is 6.07 Å². The van der Waals surface area contributed by atoms with Crippen LogP contribution < -0.4 is 11.1 Å². The number of nitrogens with two attached hydrogens (primary N) is 1. The standard InChI is InChI=1S/C19H20N4O3/c1-26-19(25)17-16(21)13(10-20)11-23(17)15-8-6-12(7-9-15)18(24)22-14-4-2-3-5-14/h6-9,11,14H,2-5,21H2,1H3,(H,22,24). The Morgan fingerprint density at radius 2 is 1.92 bits per heavy atom. The summed E-state index contributed by atoms with van der Waals surface area (Å²) in [5.74, 6) is -0.742. The number of aromatic nitrogens is 1. The maximum atomic E-state index is 12.3. The number of carbonyl (C=O) groups excluding carboxylic acids is 2. The second-order valence-corrected chi connectivity index (χ2v) is 6.28. The van der Waals surface area contributed by atoms with Gasteiger partial charge in [-0.2, -0.15) is 5.26 Å². The van der Waals surface area contributed by atoms with Crippen LogP contribution in [0.2, 0.25) is 0 Å². The van der Waals surface area contributed by atoms with Crippen molar-refractivity contribution in [3.05, 3.63) is 47.3 Å². The lowest BCUT2D eigenvalue weighted by Crippen LogP contribution is -2.32. The number of rotatable bonds is 4. The van der Waals surface area contributed by atoms with Crippen LogP contribution in [0.25, 0.3) is 5.69 Å². The molecule has 1 fully saturated rings. The number of ether oxygens (including phenoxy) is 1. The summed E-state index contributed by atoms with van der Waals surface area (Å²) in [6.07, 6.45) is 5.82. The van der Waals surface area contributed by atoms with E-state index in [4.69, 9.17) is 15.7 Å². The number of amides is 1. The highest BCUT2D eigenvalue weighted by Crippen LogP contribution is 2.25. The largest absolute Gasteiger partial charge is 0.464 e. The second-order valence-electron chi connectivity index (χ2n) is 6.28. The molecule has 3 rings (SSSR count). The molecule has 7 heteroatoms. The number of hydrogen-bond donors (Lipinski definition) is 2. The Labute approximate surface area is 151 Å². The molecule has 0 unspecified atom stereocenters. The molecule has 3 N–H and O–H groups in total. The normalized spacial score (nSPS) is 14.0. The van der Waals surface area contributed by atoms with E-state index in [1.54, 1.807) is 24.3 Å². The monoisotopic (exact) mass is 352 g/mol. The van der Waals surface area contributed by atoms with Gasteiger partial charge in [-0.15, -0.1) is 0 Å². The topological polar surface area (TPSA) is 110 Å². The first-order valence-corrected chi connectivity index (χ1v) is 8.45. The van der Waals surface area contributed by atoms with Crippen molar-refractivity contribution >= 4 is 17.6 Å². The number of nitrogens with zero attached hydrogens (tertiary/aromatic N) is 2. The molecular formula is C19H20N4O3. The minimum atomic E-state index is -0.632. The molecule has 134 valence electrons. The molecule has 2 aromatic rings. The summed E-state index contributed by atoms with van der Waals surface area (Å²) in [5, 5.41) is 12.2. The lowest BCUT2D eigenvalue weighted by Gasteiger charge is -2.13. The molecule has 0 bridgehead atoms. The second kappa shape index (κ2) is 7.31. The summed E-state index contributed by atoms with van der Waals surface area (Å²) in [6, 6.07) is 8.98. The Morgan fingerprint density at radius 1 is 1.27 bits per heavy atom. The highest BCUT2D eigenvalue weighted by molar-refractivity contribution is 5.96. The maximum Gasteiger partial charge on any atom is 0.357 e. The van der Waals surface area contributed by atoms with E-state index in [-0.39, 0.29) is 28.9 Å². The van der Waals surface area contributed by atoms with E-state index < -0.39 is 5.97 Å². The van der Waals surface area contributed by atoms with Gasteiger partial charge >= 0.3 is 5.97 Å². The van der Waals surface area contributed by atoms with Crippen molar-refractivity contribution in [2.24, 2.45) is 0 Å². The lowest BCUT2D eigenvalue weighted by atomic mass is 10.1. The number of hydrogen-bond acceptors (Lipinski definition) is 5. The number of nitrogen functional groups attached to an aromatic ring is 1. The van der Waals surface area contributed by atoms with Crippen molar-refractivity contribution < 1.29 is 14.3 Å². The van der Waals surface area contributed by atoms with Gasteiger partial charge in [0.25, 0.3) is 5.91 Å². The molecule has 1 heterocycles. The summed E-state index contributed by atoms with van der Waals surface area (Å²) in [5.41, 5.74) is 7.39. The van der Waals surface area contributed by atoms with E-state index in [0.29, 0.717) is 11.3 Å². The first kappa shape index (κ1) is 17.5. The third kappa shape index (κ3) is 3.26. The zero-order valence-electron chi connectivity index (χ0n) is 14.5. The molecule has 1 saturated carbocycles. The lowest BCUT2D eigenvalue weighted by molar-refractivity contribution is 0.0592. The Balaban J connectivity index is 1.88. The SMILES string of the molecule is COC(=O)c1c(N)c(C#N)cn1-c1ccc(C(=O)NC2CCCC2)cc1. The zero-order valence-corrected chi connectivity index (χ0v) is 14.5. The van der Waals surface area contributed by atoms with Crippen molar-refractivity contribution in [1.82, 2.24) is 9.88 Å². The number of carbonyl (C=O) groups is 2. The molecule has 7 nitrogen and oxygen atoms in total. The molecule has 1 aliphatic rings. The van der Waals surface area contributed by atoms with E-state index >= 15 is 0 Å². The summed E-state index contributed by atoms with van der Waals surface area (Å²) in [6.45, 7) is 0. The van der Waals surface area contributed by atoms with Gasteiger partial charge in [0, 0.05) is 23.5 Å². The first-order chi connectivity index (χ1) is 12.5. The van der Waals surface area contributed by atoms with E-state index in [2.05, 4.69) is 5.32 Å². The predicted molar refractivity (Wildman–Crippen MR) is 96.0 cm³/mol. The van der Waals surface area contributed by atoms with Crippen LogP contribution in [-0.2, 0) is 4.74 Å². The Hall–Kier alpha value is -3.27. The van der Waals surface area contributed by atoms with Crippen molar-refractivity contribution in [2.45, 2.75) is 31.7 Å². The number of anilines is 1. The van der Waals surface area contributed by atoms with Crippen LogP contribution in [0.4, 0.5) is 5.69 Å².